The van der Waals surface area contributed by atoms with E-state index < -0.39 is 0 Å². The van der Waals surface area contributed by atoms with Crippen LogP contribution in [0.1, 0.15) is 23.8 Å². The molecule has 24 heavy (non-hydrogen) atoms. The van der Waals surface area contributed by atoms with Crippen LogP contribution in [0.15, 0.2) is 66.7 Å². The number of fused-ring (bicyclic) bond motifs is 2. The van der Waals surface area contributed by atoms with E-state index in [4.69, 9.17) is 14.5 Å². The molecule has 0 fully saturated rings. The van der Waals surface area contributed by atoms with Crippen LogP contribution in [-0.4, -0.2) is 4.98 Å². The Hall–Kier alpha value is -3.21. The molecule has 5 heteroatoms. The van der Waals surface area contributed by atoms with Crippen molar-refractivity contribution in [2.75, 3.05) is 10.6 Å². The minimum atomic E-state index is -0.286. The smallest absolute Gasteiger partial charge is 0.213 e. The van der Waals surface area contributed by atoms with Gasteiger partial charge in [-0.3, -0.25) is 0 Å². The van der Waals surface area contributed by atoms with E-state index in [1.807, 2.05) is 66.7 Å². The van der Waals surface area contributed by atoms with Gasteiger partial charge in [-0.05, 0) is 36.4 Å². The summed E-state index contributed by atoms with van der Waals surface area (Å²) in [5.41, 5.74) is 3.62. The van der Waals surface area contributed by atoms with Gasteiger partial charge in [0.25, 0.3) is 0 Å². The van der Waals surface area contributed by atoms with E-state index in [9.17, 15) is 0 Å². The highest BCUT2D eigenvalue weighted by atomic mass is 16.5. The lowest BCUT2D eigenvalue weighted by Gasteiger charge is -2.15. The third-order valence-electron chi connectivity index (χ3n) is 4.17. The van der Waals surface area contributed by atoms with Gasteiger partial charge in [0.1, 0.15) is 22.9 Å². The van der Waals surface area contributed by atoms with Gasteiger partial charge >= 0.3 is 0 Å². The van der Waals surface area contributed by atoms with Crippen LogP contribution in [0.2, 0.25) is 0 Å². The zero-order chi connectivity index (χ0) is 15.9. The predicted molar refractivity (Wildman–Crippen MR) is 91.1 cm³/mol. The normalized spacial score (nSPS) is 20.2. The lowest BCUT2D eigenvalue weighted by Crippen LogP contribution is -2.17. The molecule has 2 N–H and O–H groups in total. The van der Waals surface area contributed by atoms with Gasteiger partial charge in [0.15, 0.2) is 0 Å². The van der Waals surface area contributed by atoms with E-state index in [0.29, 0.717) is 0 Å². The van der Waals surface area contributed by atoms with Gasteiger partial charge in [0, 0.05) is 0 Å². The number of ether oxygens (including phenoxy) is 2. The van der Waals surface area contributed by atoms with E-state index in [-0.39, 0.29) is 12.5 Å². The fourth-order valence-electron chi connectivity index (χ4n) is 3.00. The number of rotatable bonds is 2. The topological polar surface area (TPSA) is 55.4 Å². The van der Waals surface area contributed by atoms with Crippen molar-refractivity contribution < 1.29 is 9.47 Å². The first kappa shape index (κ1) is 13.2. The molecule has 2 aliphatic rings. The average molecular weight is 317 g/mol. The fourth-order valence-corrected chi connectivity index (χ4v) is 3.00. The Morgan fingerprint density at radius 1 is 0.625 bits per heavy atom. The summed E-state index contributed by atoms with van der Waals surface area (Å²) < 4.78 is 11.9. The second-order valence-electron chi connectivity index (χ2n) is 5.76. The van der Waals surface area contributed by atoms with E-state index in [1.54, 1.807) is 0 Å². The first-order chi connectivity index (χ1) is 11.9. The third-order valence-corrected chi connectivity index (χ3v) is 4.17. The highest BCUT2D eigenvalue weighted by molar-refractivity contribution is 5.61. The predicted octanol–water partition coefficient (Wildman–Crippen LogP) is 4.09. The number of hydrogen-bond acceptors (Lipinski definition) is 5. The molecule has 118 valence electrons. The lowest BCUT2D eigenvalue weighted by molar-refractivity contribution is 0.242. The largest absolute Gasteiger partial charge is 0.463 e. The summed E-state index contributed by atoms with van der Waals surface area (Å²) >= 11 is 0. The summed E-state index contributed by atoms with van der Waals surface area (Å²) in [6.07, 6.45) is -0.572. The number of anilines is 2. The van der Waals surface area contributed by atoms with Crippen LogP contribution in [0.4, 0.5) is 11.4 Å². The Bertz CT molecular complexity index is 792. The van der Waals surface area contributed by atoms with Gasteiger partial charge in [0.2, 0.25) is 12.5 Å². The maximum absolute atomic E-state index is 5.94. The zero-order valence-corrected chi connectivity index (χ0v) is 12.8. The summed E-state index contributed by atoms with van der Waals surface area (Å²) in [4.78, 5) is 4.73. The molecule has 2 unspecified atom stereocenters. The highest BCUT2D eigenvalue weighted by Gasteiger charge is 2.27. The Labute approximate surface area is 139 Å². The molecular weight excluding hydrogens is 302 g/mol. The van der Waals surface area contributed by atoms with E-state index >= 15 is 0 Å². The quantitative estimate of drug-likeness (QED) is 0.745. The van der Waals surface area contributed by atoms with E-state index in [0.717, 1.165) is 34.3 Å². The molecule has 2 aromatic carbocycles. The number of nitrogens with one attached hydrogen (secondary N) is 2. The van der Waals surface area contributed by atoms with Crippen molar-refractivity contribution in [1.82, 2.24) is 4.98 Å². The molecule has 0 aliphatic carbocycles. The lowest BCUT2D eigenvalue weighted by atomic mass is 10.2. The SMILES string of the molecule is c1cc(C2Nc3ccccc3O2)nc(C2Nc3ccccc3O2)c1. The first-order valence-electron chi connectivity index (χ1n) is 7.88. The molecule has 3 aromatic rings. The van der Waals surface area contributed by atoms with Crippen molar-refractivity contribution in [3.63, 3.8) is 0 Å². The van der Waals surface area contributed by atoms with Crippen LogP contribution in [0.3, 0.4) is 0 Å². The number of pyridine rings is 1. The number of para-hydroxylation sites is 4. The van der Waals surface area contributed by atoms with Crippen LogP contribution in [0.25, 0.3) is 0 Å². The molecule has 1 aromatic heterocycles. The Balaban J connectivity index is 1.40. The van der Waals surface area contributed by atoms with Crippen molar-refractivity contribution in [1.29, 1.82) is 0 Å². The van der Waals surface area contributed by atoms with Crippen LogP contribution < -0.4 is 20.1 Å². The van der Waals surface area contributed by atoms with Crippen molar-refractivity contribution in [2.24, 2.45) is 0 Å². The molecule has 0 saturated heterocycles. The molecular formula is C19H15N3O2. The second kappa shape index (κ2) is 5.16. The van der Waals surface area contributed by atoms with Crippen molar-refractivity contribution in [3.05, 3.63) is 78.1 Å². The Morgan fingerprint density at radius 3 is 1.62 bits per heavy atom. The molecule has 5 nitrogen and oxygen atoms in total. The zero-order valence-electron chi connectivity index (χ0n) is 12.8. The maximum atomic E-state index is 5.94. The molecule has 0 bridgehead atoms. The Kier molecular flexibility index (Phi) is 2.85. The van der Waals surface area contributed by atoms with Gasteiger partial charge in [-0.2, -0.15) is 0 Å². The van der Waals surface area contributed by atoms with Crippen molar-refractivity contribution in [3.8, 4) is 11.5 Å². The van der Waals surface area contributed by atoms with E-state index in [2.05, 4.69) is 10.6 Å². The number of nitrogens with zero attached hydrogens (tertiary/aromatic N) is 1. The summed E-state index contributed by atoms with van der Waals surface area (Å²) in [6.45, 7) is 0. The maximum Gasteiger partial charge on any atom is 0.213 e. The molecule has 2 atom stereocenters. The minimum absolute atomic E-state index is 0.286. The van der Waals surface area contributed by atoms with Crippen molar-refractivity contribution in [2.45, 2.75) is 12.5 Å². The molecule has 0 amide bonds. The van der Waals surface area contributed by atoms with Gasteiger partial charge in [-0.1, -0.05) is 30.3 Å². The van der Waals surface area contributed by atoms with E-state index in [1.165, 1.54) is 0 Å². The number of benzene rings is 2. The summed E-state index contributed by atoms with van der Waals surface area (Å²) in [5.74, 6) is 1.69. The van der Waals surface area contributed by atoms with Gasteiger partial charge in [0.05, 0.1) is 11.4 Å². The molecule has 0 spiro atoms. The van der Waals surface area contributed by atoms with Crippen LogP contribution in [0, 0.1) is 0 Å². The molecule has 0 radical (unpaired) electrons. The summed E-state index contributed by atoms with van der Waals surface area (Å²) in [6, 6.07) is 21.7. The highest BCUT2D eigenvalue weighted by Crippen LogP contribution is 2.39. The van der Waals surface area contributed by atoms with Crippen LogP contribution in [-0.2, 0) is 0 Å². The summed E-state index contributed by atoms with van der Waals surface area (Å²) in [5, 5.41) is 6.68. The number of aromatic nitrogens is 1. The van der Waals surface area contributed by atoms with Gasteiger partial charge < -0.3 is 20.1 Å². The van der Waals surface area contributed by atoms with Crippen LogP contribution >= 0.6 is 0 Å². The second-order valence-corrected chi connectivity index (χ2v) is 5.76. The Morgan fingerprint density at radius 2 is 1.12 bits per heavy atom. The van der Waals surface area contributed by atoms with Crippen molar-refractivity contribution >= 4 is 11.4 Å². The minimum Gasteiger partial charge on any atom is -0.463 e. The van der Waals surface area contributed by atoms with Gasteiger partial charge in [-0.25, -0.2) is 4.98 Å². The molecule has 5 rings (SSSR count). The molecule has 0 saturated carbocycles. The average Bonchev–Trinajstić information content (AvgIpc) is 3.26. The van der Waals surface area contributed by atoms with Gasteiger partial charge in [-0.15, -0.1) is 0 Å². The monoisotopic (exact) mass is 317 g/mol. The fraction of sp³-hybridized carbons (Fsp3) is 0.105. The first-order valence-corrected chi connectivity index (χ1v) is 7.88. The molecule has 3 heterocycles. The third kappa shape index (κ3) is 2.13. The number of hydrogen-bond donors (Lipinski definition) is 2. The standard InChI is InChI=1S/C19H15N3O2/c1-3-10-16-12(6-1)21-18(23-16)14-8-5-9-15(20-14)19-22-13-7-2-4-11-17(13)24-19/h1-11,18-19,21-22H. The summed E-state index contributed by atoms with van der Waals surface area (Å²) in [7, 11) is 0. The molecule has 2 aliphatic heterocycles. The van der Waals surface area contributed by atoms with Crippen LogP contribution in [0.5, 0.6) is 11.5 Å².